The molecule has 1 saturated heterocycles. The fourth-order valence-corrected chi connectivity index (χ4v) is 3.32. The van der Waals surface area contributed by atoms with Gasteiger partial charge in [-0.25, -0.2) is 0 Å². The van der Waals surface area contributed by atoms with Crippen molar-refractivity contribution in [3.8, 4) is 0 Å². The summed E-state index contributed by atoms with van der Waals surface area (Å²) in [7, 11) is 0. The summed E-state index contributed by atoms with van der Waals surface area (Å²) < 4.78 is 0. The van der Waals surface area contributed by atoms with E-state index in [-0.39, 0.29) is 0 Å². The summed E-state index contributed by atoms with van der Waals surface area (Å²) >= 11 is 0. The van der Waals surface area contributed by atoms with E-state index in [1.54, 1.807) is 0 Å². The lowest BCUT2D eigenvalue weighted by Gasteiger charge is -2.44. The molecule has 0 saturated carbocycles. The van der Waals surface area contributed by atoms with Crippen LogP contribution < -0.4 is 0 Å². The second kappa shape index (κ2) is 8.14. The third kappa shape index (κ3) is 4.44. The van der Waals surface area contributed by atoms with Crippen molar-refractivity contribution in [3.63, 3.8) is 0 Å². The summed E-state index contributed by atoms with van der Waals surface area (Å²) in [6.45, 7) is 9.25. The van der Waals surface area contributed by atoms with Crippen LogP contribution in [0.4, 0.5) is 0 Å². The predicted octanol–water partition coefficient (Wildman–Crippen LogP) is 3.42. The van der Waals surface area contributed by atoms with Crippen molar-refractivity contribution in [2.45, 2.75) is 45.7 Å². The molecule has 0 spiro atoms. The van der Waals surface area contributed by atoms with Crippen LogP contribution in [0.5, 0.6) is 0 Å². The third-order valence-corrected chi connectivity index (χ3v) is 4.22. The average Bonchev–Trinajstić information content (AvgIpc) is 2.48. The smallest absolute Gasteiger partial charge is 0.223 e. The fourth-order valence-electron chi connectivity index (χ4n) is 3.32. The minimum atomic E-state index is 0.299. The Labute approximate surface area is 134 Å². The molecule has 0 unspecified atom stereocenters. The second-order valence-electron chi connectivity index (χ2n) is 6.28. The summed E-state index contributed by atoms with van der Waals surface area (Å²) in [5.74, 6) is 0.307. The first kappa shape index (κ1) is 16.8. The Hall–Kier alpha value is -1.61. The molecular formula is C19H28N2O. The molecule has 1 aliphatic heterocycles. The molecule has 2 atom stereocenters. The van der Waals surface area contributed by atoms with Crippen LogP contribution in [0.1, 0.15) is 39.2 Å². The SMILES string of the molecule is CCCC(=O)N1[C@H](C)CN(C/C=C\c2ccccc2)C[C@@H]1C. The molecule has 120 valence electrons. The van der Waals surface area contributed by atoms with Gasteiger partial charge < -0.3 is 4.90 Å². The highest BCUT2D eigenvalue weighted by molar-refractivity contribution is 5.77. The van der Waals surface area contributed by atoms with Gasteiger partial charge >= 0.3 is 0 Å². The zero-order valence-corrected chi connectivity index (χ0v) is 14.0. The fraction of sp³-hybridized carbons (Fsp3) is 0.526. The highest BCUT2D eigenvalue weighted by atomic mass is 16.2. The molecule has 0 bridgehead atoms. The largest absolute Gasteiger partial charge is 0.335 e. The summed E-state index contributed by atoms with van der Waals surface area (Å²) in [6, 6.07) is 11.0. The second-order valence-corrected chi connectivity index (χ2v) is 6.28. The summed E-state index contributed by atoms with van der Waals surface area (Å²) in [6.07, 6.45) is 5.99. The monoisotopic (exact) mass is 300 g/mol. The molecule has 0 N–H and O–H groups in total. The average molecular weight is 300 g/mol. The van der Waals surface area contributed by atoms with Gasteiger partial charge in [-0.2, -0.15) is 0 Å². The van der Waals surface area contributed by atoms with Gasteiger partial charge in [-0.1, -0.05) is 49.4 Å². The number of nitrogens with zero attached hydrogens (tertiary/aromatic N) is 2. The number of carbonyl (C=O) groups is 1. The van der Waals surface area contributed by atoms with Gasteiger partial charge in [0.2, 0.25) is 5.91 Å². The Morgan fingerprint density at radius 2 is 1.82 bits per heavy atom. The molecule has 1 aliphatic rings. The van der Waals surface area contributed by atoms with Gasteiger partial charge in [-0.3, -0.25) is 9.69 Å². The molecule has 1 fully saturated rings. The minimum Gasteiger partial charge on any atom is -0.335 e. The normalized spacial score (nSPS) is 23.1. The van der Waals surface area contributed by atoms with E-state index in [0.717, 1.165) is 26.1 Å². The third-order valence-electron chi connectivity index (χ3n) is 4.22. The van der Waals surface area contributed by atoms with E-state index < -0.39 is 0 Å². The molecule has 0 aromatic heterocycles. The number of rotatable bonds is 5. The van der Waals surface area contributed by atoms with Crippen LogP contribution in [0.2, 0.25) is 0 Å². The summed E-state index contributed by atoms with van der Waals surface area (Å²) in [5, 5.41) is 0. The Morgan fingerprint density at radius 3 is 2.41 bits per heavy atom. The molecule has 22 heavy (non-hydrogen) atoms. The van der Waals surface area contributed by atoms with Crippen LogP contribution in [0.25, 0.3) is 6.08 Å². The number of hydrogen-bond acceptors (Lipinski definition) is 2. The first-order valence-corrected chi connectivity index (χ1v) is 8.37. The van der Waals surface area contributed by atoms with E-state index in [4.69, 9.17) is 0 Å². The van der Waals surface area contributed by atoms with E-state index in [2.05, 4.69) is 67.0 Å². The zero-order valence-electron chi connectivity index (χ0n) is 14.0. The van der Waals surface area contributed by atoms with Crippen LogP contribution in [0, 0.1) is 0 Å². The lowest BCUT2D eigenvalue weighted by molar-refractivity contribution is -0.138. The number of amides is 1. The quantitative estimate of drug-likeness (QED) is 0.832. The molecule has 2 rings (SSSR count). The van der Waals surface area contributed by atoms with Crippen LogP contribution in [-0.4, -0.2) is 47.4 Å². The molecule has 1 aromatic rings. The highest BCUT2D eigenvalue weighted by Crippen LogP contribution is 2.17. The first-order chi connectivity index (χ1) is 10.6. The van der Waals surface area contributed by atoms with Gasteiger partial charge in [0.25, 0.3) is 0 Å². The lowest BCUT2D eigenvalue weighted by Crippen LogP contribution is -2.58. The number of hydrogen-bond donors (Lipinski definition) is 0. The van der Waals surface area contributed by atoms with Crippen LogP contribution >= 0.6 is 0 Å². The van der Waals surface area contributed by atoms with E-state index in [9.17, 15) is 4.79 Å². The first-order valence-electron chi connectivity index (χ1n) is 8.37. The van der Waals surface area contributed by atoms with Gasteiger partial charge in [0.05, 0.1) is 0 Å². The molecule has 3 heteroatoms. The highest BCUT2D eigenvalue weighted by Gasteiger charge is 2.31. The molecular weight excluding hydrogens is 272 g/mol. The zero-order chi connectivity index (χ0) is 15.9. The number of benzene rings is 1. The summed E-state index contributed by atoms with van der Waals surface area (Å²) in [4.78, 5) is 16.7. The van der Waals surface area contributed by atoms with E-state index in [0.29, 0.717) is 24.4 Å². The molecule has 1 amide bonds. The van der Waals surface area contributed by atoms with E-state index >= 15 is 0 Å². The molecule has 0 radical (unpaired) electrons. The maximum atomic E-state index is 12.2. The van der Waals surface area contributed by atoms with Crippen molar-refractivity contribution in [1.29, 1.82) is 0 Å². The van der Waals surface area contributed by atoms with Crippen molar-refractivity contribution >= 4 is 12.0 Å². The van der Waals surface area contributed by atoms with Crippen LogP contribution in [-0.2, 0) is 4.79 Å². The maximum absolute atomic E-state index is 12.2. The number of carbonyl (C=O) groups excluding carboxylic acids is 1. The van der Waals surface area contributed by atoms with Crippen LogP contribution in [0.15, 0.2) is 36.4 Å². The van der Waals surface area contributed by atoms with Crippen molar-refractivity contribution in [3.05, 3.63) is 42.0 Å². The van der Waals surface area contributed by atoms with Crippen molar-refractivity contribution in [2.24, 2.45) is 0 Å². The maximum Gasteiger partial charge on any atom is 0.223 e. The van der Waals surface area contributed by atoms with Gasteiger partial charge in [-0.15, -0.1) is 0 Å². The van der Waals surface area contributed by atoms with Crippen LogP contribution in [0.3, 0.4) is 0 Å². The van der Waals surface area contributed by atoms with Crippen molar-refractivity contribution < 1.29 is 4.79 Å². The predicted molar refractivity (Wildman–Crippen MR) is 92.6 cm³/mol. The molecule has 3 nitrogen and oxygen atoms in total. The van der Waals surface area contributed by atoms with E-state index in [1.165, 1.54) is 5.56 Å². The Bertz CT molecular complexity index is 485. The standard InChI is InChI=1S/C19H28N2O/c1-4-9-19(22)21-16(2)14-20(15-17(21)3)13-8-12-18-10-6-5-7-11-18/h5-8,10-12,16-17H,4,9,13-15H2,1-3H3/b12-8-/t16-,17+. The van der Waals surface area contributed by atoms with Crippen molar-refractivity contribution in [2.75, 3.05) is 19.6 Å². The number of piperazine rings is 1. The summed E-state index contributed by atoms with van der Waals surface area (Å²) in [5.41, 5.74) is 1.24. The topological polar surface area (TPSA) is 23.6 Å². The van der Waals surface area contributed by atoms with Gasteiger partial charge in [0.15, 0.2) is 0 Å². The molecule has 1 aromatic carbocycles. The molecule has 0 aliphatic carbocycles. The Balaban J connectivity index is 1.88. The van der Waals surface area contributed by atoms with Crippen molar-refractivity contribution in [1.82, 2.24) is 9.80 Å². The Morgan fingerprint density at radius 1 is 1.18 bits per heavy atom. The van der Waals surface area contributed by atoms with Gasteiger partial charge in [0.1, 0.15) is 0 Å². The molecule has 1 heterocycles. The van der Waals surface area contributed by atoms with E-state index in [1.807, 2.05) is 6.07 Å². The Kier molecular flexibility index (Phi) is 6.20. The lowest BCUT2D eigenvalue weighted by atomic mass is 10.1. The van der Waals surface area contributed by atoms with Gasteiger partial charge in [-0.05, 0) is 25.8 Å². The van der Waals surface area contributed by atoms with Gasteiger partial charge in [0, 0.05) is 38.1 Å². The minimum absolute atomic E-state index is 0.299.